The number of unbranched alkanes of at least 4 members (excludes halogenated alkanes) is 6. The van der Waals surface area contributed by atoms with E-state index in [0.717, 1.165) is 51.4 Å². The van der Waals surface area contributed by atoms with Crippen molar-refractivity contribution in [2.24, 2.45) is 11.8 Å². The Kier molecular flexibility index (Phi) is 26.0. The van der Waals surface area contributed by atoms with Gasteiger partial charge in [0.15, 0.2) is 0 Å². The zero-order chi connectivity index (χ0) is 25.1. The highest BCUT2D eigenvalue weighted by Gasteiger charge is 2.08. The quantitative estimate of drug-likeness (QED) is 0.0530. The van der Waals surface area contributed by atoms with E-state index < -0.39 is 6.16 Å². The Morgan fingerprint density at radius 2 is 0.941 bits per heavy atom. The van der Waals surface area contributed by atoms with Gasteiger partial charge in [-0.05, 0) is 63.2 Å². The van der Waals surface area contributed by atoms with Crippen LogP contribution in [0, 0.1) is 11.8 Å². The van der Waals surface area contributed by atoms with E-state index in [0.29, 0.717) is 51.5 Å². The molecule has 7 heteroatoms. The molecule has 34 heavy (non-hydrogen) atoms. The molecule has 0 aromatic heterocycles. The molecule has 0 aliphatic carbocycles. The first kappa shape index (κ1) is 33.1. The minimum atomic E-state index is -0.588. The predicted molar refractivity (Wildman–Crippen MR) is 135 cm³/mol. The van der Waals surface area contributed by atoms with Crippen molar-refractivity contribution < 1.29 is 33.8 Å². The molecule has 0 heterocycles. The number of ether oxygens (including phenoxy) is 2. The molecular formula is C27H54O7. The molecule has 0 amide bonds. The molecule has 0 saturated carbocycles. The summed E-state index contributed by atoms with van der Waals surface area (Å²) in [4.78, 5) is 32.8. The van der Waals surface area contributed by atoms with Gasteiger partial charge in [-0.15, -0.1) is 0 Å². The van der Waals surface area contributed by atoms with Gasteiger partial charge in [0.05, 0.1) is 39.6 Å². The topological polar surface area (TPSA) is 72.5 Å². The van der Waals surface area contributed by atoms with Crippen LogP contribution in [0.15, 0.2) is 0 Å². The molecule has 0 spiro atoms. The maximum Gasteiger partial charge on any atom is 0.508 e. The summed E-state index contributed by atoms with van der Waals surface area (Å²) in [6.07, 6.45) is 14.2. The van der Waals surface area contributed by atoms with Crippen molar-refractivity contribution in [1.82, 2.24) is 0 Å². The largest absolute Gasteiger partial charge is 0.508 e. The highest BCUT2D eigenvalue weighted by atomic mass is 17.2. The summed E-state index contributed by atoms with van der Waals surface area (Å²) >= 11 is 0. The average Bonchev–Trinajstić information content (AvgIpc) is 2.85. The fourth-order valence-corrected chi connectivity index (χ4v) is 3.44. The third kappa shape index (κ3) is 22.9. The van der Waals surface area contributed by atoms with Gasteiger partial charge in [-0.25, -0.2) is 24.3 Å². The van der Waals surface area contributed by atoms with Crippen LogP contribution >= 0.6 is 0 Å². The summed E-state index contributed by atoms with van der Waals surface area (Å²) < 4.78 is 10.2. The van der Waals surface area contributed by atoms with Crippen molar-refractivity contribution >= 4 is 6.16 Å². The van der Waals surface area contributed by atoms with Crippen LogP contribution in [-0.4, -0.2) is 45.8 Å². The molecule has 7 nitrogen and oxygen atoms in total. The van der Waals surface area contributed by atoms with Crippen LogP contribution in [0.2, 0.25) is 0 Å². The number of hydrogen-bond donors (Lipinski definition) is 0. The molecule has 0 N–H and O–H groups in total. The van der Waals surface area contributed by atoms with Gasteiger partial charge in [0.25, 0.3) is 0 Å². The maximum atomic E-state index is 11.6. The first-order chi connectivity index (χ1) is 16.7. The molecule has 2 unspecified atom stereocenters. The van der Waals surface area contributed by atoms with Crippen LogP contribution in [0.25, 0.3) is 0 Å². The van der Waals surface area contributed by atoms with Gasteiger partial charge in [-0.1, -0.05) is 66.2 Å². The van der Waals surface area contributed by atoms with Crippen molar-refractivity contribution in [2.75, 3.05) is 39.6 Å². The van der Waals surface area contributed by atoms with Gasteiger partial charge in [-0.3, -0.25) is 0 Å². The Labute approximate surface area is 209 Å². The second-order valence-electron chi connectivity index (χ2n) is 9.11. The second-order valence-corrected chi connectivity index (χ2v) is 9.11. The molecule has 0 aliphatic rings. The smallest absolute Gasteiger partial charge is 0.434 e. The maximum absolute atomic E-state index is 11.6. The highest BCUT2D eigenvalue weighted by molar-refractivity contribution is 5.59. The van der Waals surface area contributed by atoms with E-state index in [-0.39, 0.29) is 0 Å². The Hall–Kier alpha value is -0.890. The van der Waals surface area contributed by atoms with Crippen LogP contribution in [0.5, 0.6) is 0 Å². The fraction of sp³-hybridized carbons (Fsp3) is 0.963. The normalized spacial score (nSPS) is 13.1. The lowest BCUT2D eigenvalue weighted by atomic mass is 10.0. The van der Waals surface area contributed by atoms with Gasteiger partial charge < -0.3 is 9.47 Å². The molecule has 0 aromatic carbocycles. The monoisotopic (exact) mass is 490 g/mol. The van der Waals surface area contributed by atoms with Crippen LogP contribution in [-0.2, 0) is 29.0 Å². The first-order valence-electron chi connectivity index (χ1n) is 14.0. The lowest BCUT2D eigenvalue weighted by Gasteiger charge is -2.13. The van der Waals surface area contributed by atoms with Crippen molar-refractivity contribution in [3.05, 3.63) is 0 Å². The number of carbonyl (C=O) groups is 1. The molecule has 0 aliphatic heterocycles. The highest BCUT2D eigenvalue weighted by Crippen LogP contribution is 2.14. The van der Waals surface area contributed by atoms with E-state index in [1.807, 2.05) is 0 Å². The summed E-state index contributed by atoms with van der Waals surface area (Å²) in [5.41, 5.74) is 0. The summed E-state index contributed by atoms with van der Waals surface area (Å²) in [6, 6.07) is 0. The number of carbonyl (C=O) groups excluding carboxylic acids is 1. The van der Waals surface area contributed by atoms with Crippen LogP contribution in [0.4, 0.5) is 4.79 Å². The zero-order valence-corrected chi connectivity index (χ0v) is 22.7. The molecule has 0 rings (SSSR count). The van der Waals surface area contributed by atoms with Gasteiger partial charge in [0.1, 0.15) is 0 Å². The summed E-state index contributed by atoms with van der Waals surface area (Å²) in [6.45, 7) is 12.0. The molecule has 0 saturated heterocycles. The second kappa shape index (κ2) is 26.7. The summed E-state index contributed by atoms with van der Waals surface area (Å²) in [7, 11) is 0. The van der Waals surface area contributed by atoms with E-state index in [2.05, 4.69) is 27.7 Å². The fourth-order valence-electron chi connectivity index (χ4n) is 3.44. The van der Waals surface area contributed by atoms with Crippen molar-refractivity contribution in [3.63, 3.8) is 0 Å². The van der Waals surface area contributed by atoms with Crippen molar-refractivity contribution in [2.45, 2.75) is 118 Å². The van der Waals surface area contributed by atoms with E-state index in [1.54, 1.807) is 0 Å². The van der Waals surface area contributed by atoms with E-state index in [4.69, 9.17) is 29.0 Å². The first-order valence-corrected chi connectivity index (χ1v) is 14.0. The Bertz CT molecular complexity index is 384. The predicted octanol–water partition coefficient (Wildman–Crippen LogP) is 7.81. The van der Waals surface area contributed by atoms with Gasteiger partial charge in [0, 0.05) is 0 Å². The zero-order valence-electron chi connectivity index (χ0n) is 22.7. The lowest BCUT2D eigenvalue weighted by Crippen LogP contribution is -2.11. The summed E-state index contributed by atoms with van der Waals surface area (Å²) in [5, 5.41) is 0. The molecule has 0 bridgehead atoms. The van der Waals surface area contributed by atoms with E-state index in [9.17, 15) is 4.79 Å². The molecule has 0 fully saturated rings. The van der Waals surface area contributed by atoms with Crippen molar-refractivity contribution in [1.29, 1.82) is 0 Å². The SMILES string of the molecule is CCCCC(CC)COOCCCCCOC(=O)OCCCCCOOCC(CC)CCCC. The minimum Gasteiger partial charge on any atom is -0.434 e. The molecule has 204 valence electrons. The molecule has 2 atom stereocenters. The summed E-state index contributed by atoms with van der Waals surface area (Å²) in [5.74, 6) is 1.17. The van der Waals surface area contributed by atoms with Gasteiger partial charge in [0.2, 0.25) is 0 Å². The Morgan fingerprint density at radius 3 is 1.32 bits per heavy atom. The van der Waals surface area contributed by atoms with Gasteiger partial charge in [-0.2, -0.15) is 0 Å². The van der Waals surface area contributed by atoms with Gasteiger partial charge >= 0.3 is 6.16 Å². The number of rotatable bonds is 26. The molecular weight excluding hydrogens is 436 g/mol. The Balaban J connectivity index is 3.35. The molecule has 0 aromatic rings. The standard InChI is InChI=1S/C27H54O7/c1-5-9-17-25(7-3)23-33-31-21-15-11-13-19-29-27(28)30-20-14-12-16-22-32-34-24-26(8-4)18-10-6-2/h25-26H,5-24H2,1-4H3. The minimum absolute atomic E-state index is 0.372. The average molecular weight is 491 g/mol. The van der Waals surface area contributed by atoms with Crippen LogP contribution < -0.4 is 0 Å². The van der Waals surface area contributed by atoms with E-state index >= 15 is 0 Å². The van der Waals surface area contributed by atoms with Crippen LogP contribution in [0.3, 0.4) is 0 Å². The third-order valence-electron chi connectivity index (χ3n) is 6.04. The third-order valence-corrected chi connectivity index (χ3v) is 6.04. The Morgan fingerprint density at radius 1 is 0.529 bits per heavy atom. The molecule has 0 radical (unpaired) electrons. The number of hydrogen-bond acceptors (Lipinski definition) is 7. The van der Waals surface area contributed by atoms with E-state index in [1.165, 1.54) is 38.5 Å². The van der Waals surface area contributed by atoms with Crippen LogP contribution in [0.1, 0.15) is 118 Å². The lowest BCUT2D eigenvalue weighted by molar-refractivity contribution is -0.302. The van der Waals surface area contributed by atoms with Crippen molar-refractivity contribution in [3.8, 4) is 0 Å².